The van der Waals surface area contributed by atoms with Crippen molar-refractivity contribution in [3.8, 4) is 28.7 Å². The van der Waals surface area contributed by atoms with Crippen LogP contribution >= 0.6 is 0 Å². The Morgan fingerprint density at radius 3 is 2.29 bits per heavy atom. The monoisotopic (exact) mass is 288 g/mol. The number of rotatable bonds is 6. The molecule has 21 heavy (non-hydrogen) atoms. The SMILES string of the molecule is CCOc1ccccc1Oc1cccc(O)c1OC(C)C. The smallest absolute Gasteiger partial charge is 0.204 e. The van der Waals surface area contributed by atoms with Crippen LogP contribution in [0.25, 0.3) is 0 Å². The second-order valence-electron chi connectivity index (χ2n) is 4.75. The van der Waals surface area contributed by atoms with Gasteiger partial charge < -0.3 is 19.3 Å². The average molecular weight is 288 g/mol. The molecule has 0 fully saturated rings. The van der Waals surface area contributed by atoms with Gasteiger partial charge in [0, 0.05) is 0 Å². The van der Waals surface area contributed by atoms with Crippen LogP contribution in [0.3, 0.4) is 0 Å². The minimum atomic E-state index is -0.0669. The van der Waals surface area contributed by atoms with E-state index in [9.17, 15) is 5.11 Å². The van der Waals surface area contributed by atoms with E-state index >= 15 is 0 Å². The number of ether oxygens (including phenoxy) is 3. The Hall–Kier alpha value is -2.36. The Bertz CT molecular complexity index is 593. The molecule has 0 spiro atoms. The van der Waals surface area contributed by atoms with Crippen LogP contribution in [-0.4, -0.2) is 17.8 Å². The van der Waals surface area contributed by atoms with Gasteiger partial charge in [0.05, 0.1) is 12.7 Å². The summed E-state index contributed by atoms with van der Waals surface area (Å²) in [5.41, 5.74) is 0. The van der Waals surface area contributed by atoms with E-state index in [4.69, 9.17) is 14.2 Å². The molecule has 4 nitrogen and oxygen atoms in total. The third-order valence-electron chi connectivity index (χ3n) is 2.68. The van der Waals surface area contributed by atoms with Gasteiger partial charge >= 0.3 is 0 Å². The Balaban J connectivity index is 2.33. The Kier molecular flexibility index (Phi) is 4.93. The molecule has 2 aromatic rings. The first-order valence-electron chi connectivity index (χ1n) is 7.00. The summed E-state index contributed by atoms with van der Waals surface area (Å²) in [6.45, 7) is 6.25. The zero-order valence-corrected chi connectivity index (χ0v) is 12.5. The van der Waals surface area contributed by atoms with Crippen molar-refractivity contribution >= 4 is 0 Å². The molecule has 1 N–H and O–H groups in total. The minimum Gasteiger partial charge on any atom is -0.504 e. The Morgan fingerprint density at radius 1 is 0.952 bits per heavy atom. The number of benzene rings is 2. The normalized spacial score (nSPS) is 10.5. The molecule has 2 rings (SSSR count). The highest BCUT2D eigenvalue weighted by atomic mass is 16.5. The molecule has 0 bridgehead atoms. The maximum Gasteiger partial charge on any atom is 0.204 e. The summed E-state index contributed by atoms with van der Waals surface area (Å²) in [4.78, 5) is 0. The van der Waals surface area contributed by atoms with Crippen LogP contribution in [0.1, 0.15) is 20.8 Å². The number of hydrogen-bond donors (Lipinski definition) is 1. The molecule has 2 aromatic carbocycles. The fraction of sp³-hybridized carbons (Fsp3) is 0.294. The lowest BCUT2D eigenvalue weighted by Crippen LogP contribution is -2.06. The van der Waals surface area contributed by atoms with Crippen molar-refractivity contribution < 1.29 is 19.3 Å². The first kappa shape index (κ1) is 15.0. The van der Waals surface area contributed by atoms with Crippen LogP contribution in [0.2, 0.25) is 0 Å². The Morgan fingerprint density at radius 2 is 1.62 bits per heavy atom. The fourth-order valence-electron chi connectivity index (χ4n) is 1.87. The molecule has 0 unspecified atom stereocenters. The molecular formula is C17H20O4. The molecule has 0 atom stereocenters. The van der Waals surface area contributed by atoms with Crippen LogP contribution in [0.4, 0.5) is 0 Å². The third kappa shape index (κ3) is 3.81. The van der Waals surface area contributed by atoms with Crippen molar-refractivity contribution in [1.29, 1.82) is 0 Å². The molecule has 0 saturated carbocycles. The van der Waals surface area contributed by atoms with Crippen molar-refractivity contribution in [3.05, 3.63) is 42.5 Å². The molecule has 4 heteroatoms. The van der Waals surface area contributed by atoms with E-state index in [-0.39, 0.29) is 11.9 Å². The van der Waals surface area contributed by atoms with Crippen molar-refractivity contribution in [2.45, 2.75) is 26.9 Å². The second-order valence-corrected chi connectivity index (χ2v) is 4.75. The van der Waals surface area contributed by atoms with Crippen LogP contribution < -0.4 is 14.2 Å². The quantitative estimate of drug-likeness (QED) is 0.857. The first-order valence-corrected chi connectivity index (χ1v) is 7.00. The predicted octanol–water partition coefficient (Wildman–Crippen LogP) is 4.37. The van der Waals surface area contributed by atoms with Crippen LogP contribution in [0, 0.1) is 0 Å². The van der Waals surface area contributed by atoms with E-state index in [0.717, 1.165) is 0 Å². The molecule has 0 amide bonds. The van der Waals surface area contributed by atoms with Gasteiger partial charge in [0.2, 0.25) is 5.75 Å². The maximum absolute atomic E-state index is 9.95. The van der Waals surface area contributed by atoms with E-state index in [2.05, 4.69) is 0 Å². The van der Waals surface area contributed by atoms with Gasteiger partial charge in [-0.2, -0.15) is 0 Å². The molecule has 0 aliphatic rings. The third-order valence-corrected chi connectivity index (χ3v) is 2.68. The molecule has 0 saturated heterocycles. The number of hydrogen-bond acceptors (Lipinski definition) is 4. The predicted molar refractivity (Wildman–Crippen MR) is 81.6 cm³/mol. The van der Waals surface area contributed by atoms with Gasteiger partial charge in [0.15, 0.2) is 23.0 Å². The van der Waals surface area contributed by atoms with E-state index < -0.39 is 0 Å². The van der Waals surface area contributed by atoms with E-state index in [1.54, 1.807) is 18.2 Å². The molecule has 0 heterocycles. The lowest BCUT2D eigenvalue weighted by Gasteiger charge is -2.17. The highest BCUT2D eigenvalue weighted by Crippen LogP contribution is 2.41. The van der Waals surface area contributed by atoms with Gasteiger partial charge in [-0.1, -0.05) is 18.2 Å². The lowest BCUT2D eigenvalue weighted by atomic mass is 10.2. The van der Waals surface area contributed by atoms with Crippen LogP contribution in [0.5, 0.6) is 28.7 Å². The van der Waals surface area contributed by atoms with Gasteiger partial charge in [0.25, 0.3) is 0 Å². The summed E-state index contributed by atoms with van der Waals surface area (Å²) in [6, 6.07) is 12.4. The standard InChI is InChI=1S/C17H20O4/c1-4-19-14-9-5-6-10-15(14)21-16-11-7-8-13(18)17(16)20-12(2)3/h5-12,18H,4H2,1-3H3. The van der Waals surface area contributed by atoms with Crippen LogP contribution in [0.15, 0.2) is 42.5 Å². The molecule has 0 aliphatic heterocycles. The number of phenolic OH excluding ortho intramolecular Hbond substituents is 1. The minimum absolute atomic E-state index is 0.0510. The fourth-order valence-corrected chi connectivity index (χ4v) is 1.87. The average Bonchev–Trinajstić information content (AvgIpc) is 2.45. The second kappa shape index (κ2) is 6.88. The summed E-state index contributed by atoms with van der Waals surface area (Å²) in [7, 11) is 0. The molecule has 112 valence electrons. The van der Waals surface area contributed by atoms with Crippen LogP contribution in [-0.2, 0) is 0 Å². The summed E-state index contributed by atoms with van der Waals surface area (Å²) in [5, 5.41) is 9.95. The van der Waals surface area contributed by atoms with E-state index in [1.165, 1.54) is 0 Å². The number of para-hydroxylation sites is 3. The number of aromatic hydroxyl groups is 1. The highest BCUT2D eigenvalue weighted by molar-refractivity contribution is 5.53. The maximum atomic E-state index is 9.95. The topological polar surface area (TPSA) is 47.9 Å². The highest BCUT2D eigenvalue weighted by Gasteiger charge is 2.14. The van der Waals surface area contributed by atoms with E-state index in [0.29, 0.717) is 29.6 Å². The molecular weight excluding hydrogens is 268 g/mol. The van der Waals surface area contributed by atoms with E-state index in [1.807, 2.05) is 45.0 Å². The van der Waals surface area contributed by atoms with Crippen molar-refractivity contribution in [3.63, 3.8) is 0 Å². The van der Waals surface area contributed by atoms with Gasteiger partial charge in [-0.25, -0.2) is 0 Å². The summed E-state index contributed by atoms with van der Waals surface area (Å²) in [5.74, 6) is 2.07. The van der Waals surface area contributed by atoms with Crippen molar-refractivity contribution in [2.75, 3.05) is 6.61 Å². The lowest BCUT2D eigenvalue weighted by molar-refractivity contribution is 0.222. The zero-order valence-electron chi connectivity index (χ0n) is 12.5. The van der Waals surface area contributed by atoms with Crippen molar-refractivity contribution in [2.24, 2.45) is 0 Å². The van der Waals surface area contributed by atoms with Gasteiger partial charge in [-0.3, -0.25) is 0 Å². The molecule has 0 aliphatic carbocycles. The summed E-state index contributed by atoms with van der Waals surface area (Å²) < 4.78 is 17.0. The first-order chi connectivity index (χ1) is 10.1. The van der Waals surface area contributed by atoms with Gasteiger partial charge in [-0.15, -0.1) is 0 Å². The Labute approximate surface area is 124 Å². The van der Waals surface area contributed by atoms with Crippen molar-refractivity contribution in [1.82, 2.24) is 0 Å². The number of phenols is 1. The zero-order chi connectivity index (χ0) is 15.2. The summed E-state index contributed by atoms with van der Waals surface area (Å²) in [6.07, 6.45) is -0.0669. The molecule has 0 radical (unpaired) electrons. The van der Waals surface area contributed by atoms with Gasteiger partial charge in [-0.05, 0) is 45.0 Å². The summed E-state index contributed by atoms with van der Waals surface area (Å²) >= 11 is 0. The largest absolute Gasteiger partial charge is 0.504 e. The molecule has 0 aromatic heterocycles. The van der Waals surface area contributed by atoms with Gasteiger partial charge in [0.1, 0.15) is 0 Å².